The number of sulfone groups is 1. The van der Waals surface area contributed by atoms with E-state index in [1.807, 2.05) is 37.3 Å². The van der Waals surface area contributed by atoms with Crippen molar-refractivity contribution in [2.75, 3.05) is 5.75 Å². The summed E-state index contributed by atoms with van der Waals surface area (Å²) in [7, 11) is -3.22. The Morgan fingerprint density at radius 3 is 2.47 bits per heavy atom. The predicted molar refractivity (Wildman–Crippen MR) is 81.1 cm³/mol. The molecule has 0 radical (unpaired) electrons. The summed E-state index contributed by atoms with van der Waals surface area (Å²) in [6.07, 6.45) is 0.538. The molecule has 0 spiro atoms. The Hall–Kier alpha value is -1.13. The Labute approximate surface area is 122 Å². The monoisotopic (exact) mass is 338 g/mol. The Morgan fingerprint density at radius 1 is 1.05 bits per heavy atom. The van der Waals surface area contributed by atoms with Crippen molar-refractivity contribution >= 4 is 25.8 Å². The van der Waals surface area contributed by atoms with Crippen molar-refractivity contribution in [2.24, 2.45) is 0 Å². The first-order valence-corrected chi connectivity index (χ1v) is 8.46. The minimum absolute atomic E-state index is 0.132. The van der Waals surface area contributed by atoms with Crippen LogP contribution in [0.15, 0.2) is 57.9 Å². The summed E-state index contributed by atoms with van der Waals surface area (Å²) in [6.45, 7) is 2.01. The largest absolute Gasteiger partial charge is 0.224 e. The molecule has 0 fully saturated rings. The molecule has 2 nitrogen and oxygen atoms in total. The molecule has 0 bridgehead atoms. The molecule has 0 aliphatic rings. The molecular weight excluding hydrogens is 324 g/mol. The molecule has 0 N–H and O–H groups in total. The van der Waals surface area contributed by atoms with E-state index in [1.165, 1.54) is 0 Å². The first-order valence-electron chi connectivity index (χ1n) is 6.01. The SMILES string of the molecule is Cc1cccc(CCS(=O)(=O)c2cccc(Br)c2)c1. The van der Waals surface area contributed by atoms with Gasteiger partial charge in [-0.05, 0) is 37.1 Å². The van der Waals surface area contributed by atoms with Gasteiger partial charge in [0, 0.05) is 4.47 Å². The lowest BCUT2D eigenvalue weighted by atomic mass is 10.1. The van der Waals surface area contributed by atoms with Gasteiger partial charge >= 0.3 is 0 Å². The maximum atomic E-state index is 12.2. The van der Waals surface area contributed by atoms with E-state index < -0.39 is 9.84 Å². The smallest absolute Gasteiger partial charge is 0.178 e. The van der Waals surface area contributed by atoms with Crippen molar-refractivity contribution in [3.05, 3.63) is 64.1 Å². The van der Waals surface area contributed by atoms with Gasteiger partial charge in [-0.2, -0.15) is 0 Å². The van der Waals surface area contributed by atoms with Gasteiger partial charge in [-0.3, -0.25) is 0 Å². The van der Waals surface area contributed by atoms with Gasteiger partial charge in [0.25, 0.3) is 0 Å². The van der Waals surface area contributed by atoms with Crippen molar-refractivity contribution in [3.63, 3.8) is 0 Å². The topological polar surface area (TPSA) is 34.1 Å². The highest BCUT2D eigenvalue weighted by Gasteiger charge is 2.14. The third kappa shape index (κ3) is 3.91. The number of halogens is 1. The molecule has 4 heteroatoms. The molecule has 0 saturated carbocycles. The number of aryl methyl sites for hydroxylation is 2. The lowest BCUT2D eigenvalue weighted by molar-refractivity contribution is 0.595. The molecule has 19 heavy (non-hydrogen) atoms. The molecule has 2 aromatic rings. The van der Waals surface area contributed by atoms with E-state index in [0.717, 1.165) is 15.6 Å². The lowest BCUT2D eigenvalue weighted by Gasteiger charge is -2.06. The fourth-order valence-corrected chi connectivity index (χ4v) is 3.78. The van der Waals surface area contributed by atoms with E-state index in [2.05, 4.69) is 15.9 Å². The van der Waals surface area contributed by atoms with Crippen LogP contribution in [-0.4, -0.2) is 14.2 Å². The van der Waals surface area contributed by atoms with Crippen LogP contribution in [0.5, 0.6) is 0 Å². The second kappa shape index (κ2) is 5.88. The maximum absolute atomic E-state index is 12.2. The van der Waals surface area contributed by atoms with Gasteiger partial charge < -0.3 is 0 Å². The molecule has 0 unspecified atom stereocenters. The summed E-state index contributed by atoms with van der Waals surface area (Å²) in [5.74, 6) is 0.132. The van der Waals surface area contributed by atoms with E-state index >= 15 is 0 Å². The Balaban J connectivity index is 2.14. The van der Waals surface area contributed by atoms with Crippen molar-refractivity contribution in [2.45, 2.75) is 18.2 Å². The van der Waals surface area contributed by atoms with E-state index in [4.69, 9.17) is 0 Å². The van der Waals surface area contributed by atoms with Crippen LogP contribution in [-0.2, 0) is 16.3 Å². The van der Waals surface area contributed by atoms with Gasteiger partial charge in [0.2, 0.25) is 0 Å². The van der Waals surface area contributed by atoms with Crippen LogP contribution in [0.3, 0.4) is 0 Å². The van der Waals surface area contributed by atoms with Crippen LogP contribution in [0.25, 0.3) is 0 Å². The minimum atomic E-state index is -3.22. The van der Waals surface area contributed by atoms with Crippen molar-refractivity contribution in [1.82, 2.24) is 0 Å². The van der Waals surface area contributed by atoms with Crippen LogP contribution in [0.2, 0.25) is 0 Å². The van der Waals surface area contributed by atoms with E-state index in [0.29, 0.717) is 11.3 Å². The zero-order valence-electron chi connectivity index (χ0n) is 10.6. The maximum Gasteiger partial charge on any atom is 0.178 e. The first-order chi connectivity index (χ1) is 8.97. The molecular formula is C15H15BrO2S. The van der Waals surface area contributed by atoms with Crippen LogP contribution in [0.4, 0.5) is 0 Å². The first kappa shape index (κ1) is 14.3. The highest BCUT2D eigenvalue weighted by molar-refractivity contribution is 9.10. The molecule has 0 aliphatic heterocycles. The zero-order chi connectivity index (χ0) is 13.9. The average Bonchev–Trinajstić information content (AvgIpc) is 2.37. The van der Waals surface area contributed by atoms with E-state index in [-0.39, 0.29) is 5.75 Å². The van der Waals surface area contributed by atoms with Crippen molar-refractivity contribution in [3.8, 4) is 0 Å². The third-order valence-electron chi connectivity index (χ3n) is 2.90. The van der Waals surface area contributed by atoms with Gasteiger partial charge in [0.05, 0.1) is 10.6 Å². The molecule has 0 saturated heterocycles. The summed E-state index contributed by atoms with van der Waals surface area (Å²) in [6, 6.07) is 14.8. The van der Waals surface area contributed by atoms with Crippen LogP contribution in [0, 0.1) is 6.92 Å². The number of hydrogen-bond donors (Lipinski definition) is 0. The second-order valence-corrected chi connectivity index (χ2v) is 7.54. The average molecular weight is 339 g/mol. The van der Waals surface area contributed by atoms with Crippen LogP contribution >= 0.6 is 15.9 Å². The lowest BCUT2D eigenvalue weighted by Crippen LogP contribution is -2.09. The zero-order valence-corrected chi connectivity index (χ0v) is 13.0. The highest BCUT2D eigenvalue weighted by Crippen LogP contribution is 2.18. The molecule has 2 aromatic carbocycles. The van der Waals surface area contributed by atoms with Crippen molar-refractivity contribution < 1.29 is 8.42 Å². The normalized spacial score (nSPS) is 11.5. The van der Waals surface area contributed by atoms with Gasteiger partial charge in [-0.1, -0.05) is 51.8 Å². The Kier molecular flexibility index (Phi) is 4.42. The van der Waals surface area contributed by atoms with Gasteiger partial charge in [0.15, 0.2) is 9.84 Å². The van der Waals surface area contributed by atoms with E-state index in [9.17, 15) is 8.42 Å². The number of benzene rings is 2. The Bertz CT molecular complexity index is 678. The summed E-state index contributed by atoms with van der Waals surface area (Å²) >= 11 is 3.30. The van der Waals surface area contributed by atoms with Crippen LogP contribution in [0.1, 0.15) is 11.1 Å². The molecule has 0 aromatic heterocycles. The van der Waals surface area contributed by atoms with Crippen LogP contribution < -0.4 is 0 Å². The number of rotatable bonds is 4. The fraction of sp³-hybridized carbons (Fsp3) is 0.200. The number of hydrogen-bond acceptors (Lipinski definition) is 2. The van der Waals surface area contributed by atoms with E-state index in [1.54, 1.807) is 18.2 Å². The van der Waals surface area contributed by atoms with Gasteiger partial charge in [-0.15, -0.1) is 0 Å². The molecule has 0 amide bonds. The molecule has 2 rings (SSSR count). The summed E-state index contributed by atoms with van der Waals surface area (Å²) in [5, 5.41) is 0. The molecule has 0 atom stereocenters. The quantitative estimate of drug-likeness (QED) is 0.850. The van der Waals surface area contributed by atoms with Crippen molar-refractivity contribution in [1.29, 1.82) is 0 Å². The van der Waals surface area contributed by atoms with Gasteiger partial charge in [0.1, 0.15) is 0 Å². The predicted octanol–water partition coefficient (Wildman–Crippen LogP) is 3.77. The summed E-state index contributed by atoms with van der Waals surface area (Å²) in [4.78, 5) is 0.370. The fourth-order valence-electron chi connectivity index (χ4n) is 1.90. The van der Waals surface area contributed by atoms with Gasteiger partial charge in [-0.25, -0.2) is 8.42 Å². The third-order valence-corrected chi connectivity index (χ3v) is 5.10. The molecule has 0 aliphatic carbocycles. The molecule has 100 valence electrons. The standard InChI is InChI=1S/C15H15BrO2S/c1-12-4-2-5-13(10-12)8-9-19(17,18)15-7-3-6-14(16)11-15/h2-7,10-11H,8-9H2,1H3. The molecule has 0 heterocycles. The second-order valence-electron chi connectivity index (χ2n) is 4.52. The highest BCUT2D eigenvalue weighted by atomic mass is 79.9. The minimum Gasteiger partial charge on any atom is -0.224 e. The summed E-state index contributed by atoms with van der Waals surface area (Å²) < 4.78 is 25.2. The summed E-state index contributed by atoms with van der Waals surface area (Å²) in [5.41, 5.74) is 2.20. The Morgan fingerprint density at radius 2 is 1.79 bits per heavy atom.